The van der Waals surface area contributed by atoms with Crippen LogP contribution in [0.5, 0.6) is 0 Å². The molecule has 2 rings (SSSR count). The van der Waals surface area contributed by atoms with Crippen molar-refractivity contribution >= 4 is 22.2 Å². The fraction of sp³-hybridized carbons (Fsp3) is 0.533. The smallest absolute Gasteiger partial charge is 0.120 e. The lowest BCUT2D eigenvalue weighted by molar-refractivity contribution is -0.108. The van der Waals surface area contributed by atoms with E-state index in [9.17, 15) is 4.79 Å². The molecule has 2 N–H and O–H groups in total. The second-order valence-corrected chi connectivity index (χ2v) is 5.66. The predicted octanol–water partition coefficient (Wildman–Crippen LogP) is 3.18. The second kappa shape index (κ2) is 7.78. The number of methoxy groups -OCH3 is 1. The van der Waals surface area contributed by atoms with Crippen molar-refractivity contribution in [3.05, 3.63) is 33.8 Å². The maximum absolute atomic E-state index is 10.4. The summed E-state index contributed by atoms with van der Waals surface area (Å²) in [5, 5.41) is 0. The molecule has 0 radical (unpaired) electrons. The molecule has 0 fully saturated rings. The largest absolute Gasteiger partial charge is 0.385 e. The number of carbonyl (C=O) groups excluding carboxylic acids is 1. The van der Waals surface area contributed by atoms with Crippen molar-refractivity contribution in [2.45, 2.75) is 38.1 Å². The van der Waals surface area contributed by atoms with Gasteiger partial charge < -0.3 is 15.3 Å². The molecular formula is C15H22BrNO2. The minimum Gasteiger partial charge on any atom is -0.385 e. The molecule has 0 saturated heterocycles. The van der Waals surface area contributed by atoms with Crippen LogP contribution >= 0.6 is 15.9 Å². The zero-order chi connectivity index (χ0) is 14.3. The zero-order valence-electron chi connectivity index (χ0n) is 11.6. The Kier molecular flexibility index (Phi) is 6.69. The van der Waals surface area contributed by atoms with E-state index < -0.39 is 0 Å². The number of benzene rings is 1. The van der Waals surface area contributed by atoms with Crippen molar-refractivity contribution in [3.8, 4) is 0 Å². The van der Waals surface area contributed by atoms with Gasteiger partial charge in [-0.25, -0.2) is 0 Å². The zero-order valence-corrected chi connectivity index (χ0v) is 13.2. The SMILES string of the molecule is CCOC.NC1(CCC=O)CCc2cc(Br)ccc21. The molecule has 1 aromatic rings. The van der Waals surface area contributed by atoms with Gasteiger partial charge in [0.05, 0.1) is 0 Å². The summed E-state index contributed by atoms with van der Waals surface area (Å²) in [6.45, 7) is 2.78. The molecule has 3 nitrogen and oxygen atoms in total. The van der Waals surface area contributed by atoms with E-state index in [1.165, 1.54) is 11.1 Å². The van der Waals surface area contributed by atoms with Gasteiger partial charge in [-0.15, -0.1) is 0 Å². The first-order valence-corrected chi connectivity index (χ1v) is 7.37. The van der Waals surface area contributed by atoms with Crippen LogP contribution in [0.3, 0.4) is 0 Å². The van der Waals surface area contributed by atoms with E-state index in [4.69, 9.17) is 5.73 Å². The van der Waals surface area contributed by atoms with Gasteiger partial charge in [0, 0.05) is 30.1 Å². The maximum Gasteiger partial charge on any atom is 0.120 e. The molecule has 4 heteroatoms. The molecule has 0 heterocycles. The van der Waals surface area contributed by atoms with E-state index in [0.717, 1.165) is 36.6 Å². The maximum atomic E-state index is 10.4. The van der Waals surface area contributed by atoms with Crippen LogP contribution in [0.15, 0.2) is 22.7 Å². The number of hydrogen-bond donors (Lipinski definition) is 1. The third-order valence-electron chi connectivity index (χ3n) is 3.44. The third kappa shape index (κ3) is 4.41. The molecule has 1 aliphatic carbocycles. The summed E-state index contributed by atoms with van der Waals surface area (Å²) in [5.74, 6) is 0. The molecule has 0 aromatic heterocycles. The lowest BCUT2D eigenvalue weighted by Gasteiger charge is -2.24. The molecule has 1 unspecified atom stereocenters. The van der Waals surface area contributed by atoms with Gasteiger partial charge >= 0.3 is 0 Å². The number of fused-ring (bicyclic) bond motifs is 1. The highest BCUT2D eigenvalue weighted by molar-refractivity contribution is 9.10. The predicted molar refractivity (Wildman–Crippen MR) is 81.2 cm³/mol. The van der Waals surface area contributed by atoms with Crippen molar-refractivity contribution in [2.24, 2.45) is 5.73 Å². The topological polar surface area (TPSA) is 52.3 Å². The standard InChI is InChI=1S/C12H14BrNO.C3H8O/c13-10-2-3-11-9(8-10)4-6-12(11,14)5-1-7-15;1-3-4-2/h2-3,7-8H,1,4-6,14H2;3H2,1-2H3. The monoisotopic (exact) mass is 327 g/mol. The first kappa shape index (κ1) is 16.3. The fourth-order valence-corrected chi connectivity index (χ4v) is 2.73. The number of aryl methyl sites for hydroxylation is 1. The first-order chi connectivity index (χ1) is 9.07. The van der Waals surface area contributed by atoms with E-state index in [1.54, 1.807) is 7.11 Å². The molecule has 106 valence electrons. The Hall–Kier alpha value is -0.710. The molecule has 1 aromatic carbocycles. The number of hydrogen-bond acceptors (Lipinski definition) is 3. The van der Waals surface area contributed by atoms with Crippen molar-refractivity contribution in [3.63, 3.8) is 0 Å². The number of nitrogens with two attached hydrogens (primary N) is 1. The summed E-state index contributed by atoms with van der Waals surface area (Å²) in [6.07, 6.45) is 4.22. The van der Waals surface area contributed by atoms with Gasteiger partial charge in [-0.3, -0.25) is 0 Å². The highest BCUT2D eigenvalue weighted by Gasteiger charge is 2.34. The van der Waals surface area contributed by atoms with Gasteiger partial charge in [0.2, 0.25) is 0 Å². The Morgan fingerprint density at radius 2 is 2.21 bits per heavy atom. The molecular weight excluding hydrogens is 306 g/mol. The number of carbonyl (C=O) groups is 1. The van der Waals surface area contributed by atoms with Crippen LogP contribution in [0.4, 0.5) is 0 Å². The summed E-state index contributed by atoms with van der Waals surface area (Å²) in [4.78, 5) is 10.4. The highest BCUT2D eigenvalue weighted by Crippen LogP contribution is 2.38. The Morgan fingerprint density at radius 1 is 1.53 bits per heavy atom. The summed E-state index contributed by atoms with van der Waals surface area (Å²) >= 11 is 3.46. The Morgan fingerprint density at radius 3 is 2.79 bits per heavy atom. The van der Waals surface area contributed by atoms with Gasteiger partial charge in [-0.1, -0.05) is 22.0 Å². The van der Waals surface area contributed by atoms with Gasteiger partial charge in [-0.2, -0.15) is 0 Å². The van der Waals surface area contributed by atoms with Crippen LogP contribution in [-0.4, -0.2) is 20.0 Å². The van der Waals surface area contributed by atoms with Crippen LogP contribution in [-0.2, 0) is 21.5 Å². The van der Waals surface area contributed by atoms with Gasteiger partial charge in [0.15, 0.2) is 0 Å². The fourth-order valence-electron chi connectivity index (χ4n) is 2.32. The summed E-state index contributed by atoms with van der Waals surface area (Å²) < 4.78 is 5.64. The molecule has 1 aliphatic rings. The van der Waals surface area contributed by atoms with E-state index in [-0.39, 0.29) is 5.54 Å². The first-order valence-electron chi connectivity index (χ1n) is 6.57. The van der Waals surface area contributed by atoms with Crippen molar-refractivity contribution < 1.29 is 9.53 Å². The minimum atomic E-state index is -0.281. The lowest BCUT2D eigenvalue weighted by Crippen LogP contribution is -2.34. The molecule has 0 aliphatic heterocycles. The number of aldehydes is 1. The lowest BCUT2D eigenvalue weighted by atomic mass is 9.88. The number of halogens is 1. The third-order valence-corrected chi connectivity index (χ3v) is 3.93. The Balaban J connectivity index is 0.000000399. The summed E-state index contributed by atoms with van der Waals surface area (Å²) in [5.41, 5.74) is 8.58. The molecule has 0 saturated carbocycles. The summed E-state index contributed by atoms with van der Waals surface area (Å²) in [7, 11) is 1.68. The van der Waals surface area contributed by atoms with Crippen LogP contribution < -0.4 is 5.73 Å². The number of ether oxygens (including phenoxy) is 1. The van der Waals surface area contributed by atoms with Crippen LogP contribution in [0.1, 0.15) is 37.3 Å². The number of rotatable bonds is 4. The van der Waals surface area contributed by atoms with E-state index in [0.29, 0.717) is 6.42 Å². The van der Waals surface area contributed by atoms with E-state index in [1.807, 2.05) is 13.0 Å². The molecule has 0 amide bonds. The van der Waals surface area contributed by atoms with Gasteiger partial charge in [-0.05, 0) is 49.4 Å². The minimum absolute atomic E-state index is 0.281. The normalized spacial score (nSPS) is 20.4. The van der Waals surface area contributed by atoms with Crippen LogP contribution in [0.25, 0.3) is 0 Å². The van der Waals surface area contributed by atoms with E-state index in [2.05, 4.69) is 32.8 Å². The van der Waals surface area contributed by atoms with Crippen molar-refractivity contribution in [1.29, 1.82) is 0 Å². The highest BCUT2D eigenvalue weighted by atomic mass is 79.9. The average molecular weight is 328 g/mol. The van der Waals surface area contributed by atoms with Crippen molar-refractivity contribution in [2.75, 3.05) is 13.7 Å². The molecule has 0 bridgehead atoms. The quantitative estimate of drug-likeness (QED) is 0.864. The van der Waals surface area contributed by atoms with Gasteiger partial charge in [0.1, 0.15) is 6.29 Å². The average Bonchev–Trinajstić information content (AvgIpc) is 2.74. The van der Waals surface area contributed by atoms with Crippen LogP contribution in [0, 0.1) is 0 Å². The van der Waals surface area contributed by atoms with Gasteiger partial charge in [0.25, 0.3) is 0 Å². The molecule has 19 heavy (non-hydrogen) atoms. The van der Waals surface area contributed by atoms with Crippen molar-refractivity contribution in [1.82, 2.24) is 0 Å². The van der Waals surface area contributed by atoms with E-state index >= 15 is 0 Å². The Labute approximate surface area is 123 Å². The second-order valence-electron chi connectivity index (χ2n) is 4.74. The molecule has 1 atom stereocenters. The molecule has 0 spiro atoms. The van der Waals surface area contributed by atoms with Crippen LogP contribution in [0.2, 0.25) is 0 Å². The summed E-state index contributed by atoms with van der Waals surface area (Å²) in [6, 6.07) is 6.23. The Bertz CT molecular complexity index is 421.